The fourth-order valence-corrected chi connectivity index (χ4v) is 1.76. The van der Waals surface area contributed by atoms with Gasteiger partial charge < -0.3 is 15.4 Å². The van der Waals surface area contributed by atoms with Gasteiger partial charge >= 0.3 is 0 Å². The molecule has 2 N–H and O–H groups in total. The number of rotatable bonds is 3. The molecular formula is C12H17N3O2. The minimum Gasteiger partial charge on any atom is -0.477 e. The number of ether oxygens (including phenoxy) is 1. The molecule has 0 aromatic carbocycles. The Morgan fingerprint density at radius 2 is 2.35 bits per heavy atom. The van der Waals surface area contributed by atoms with Crippen LogP contribution >= 0.6 is 0 Å². The van der Waals surface area contributed by atoms with Crippen LogP contribution in [0, 0.1) is 11.3 Å². The topological polar surface area (TPSA) is 79.4 Å². The summed E-state index contributed by atoms with van der Waals surface area (Å²) in [5.41, 5.74) is 4.88. The molecule has 1 rings (SSSR count). The molecule has 0 aromatic heterocycles. The average molecular weight is 235 g/mol. The molecule has 0 radical (unpaired) electrons. The Morgan fingerprint density at radius 1 is 1.71 bits per heavy atom. The van der Waals surface area contributed by atoms with Gasteiger partial charge in [0.15, 0.2) is 5.88 Å². The van der Waals surface area contributed by atoms with E-state index in [2.05, 4.69) is 18.7 Å². The van der Waals surface area contributed by atoms with Crippen molar-refractivity contribution in [3.8, 4) is 6.07 Å². The number of hydrogen-bond donors (Lipinski definition) is 1. The molecule has 0 spiro atoms. The summed E-state index contributed by atoms with van der Waals surface area (Å²) < 4.78 is 5.53. The molecule has 0 unspecified atom stereocenters. The van der Waals surface area contributed by atoms with E-state index in [9.17, 15) is 4.79 Å². The molecule has 5 nitrogen and oxygen atoms in total. The quantitative estimate of drug-likeness (QED) is 0.582. The Labute approximate surface area is 101 Å². The molecule has 1 saturated heterocycles. The number of likely N-dealkylation sites (N-methyl/N-ethyl adjacent to an activating group) is 1. The first-order valence-electron chi connectivity index (χ1n) is 5.44. The van der Waals surface area contributed by atoms with Gasteiger partial charge in [-0.1, -0.05) is 0 Å². The van der Waals surface area contributed by atoms with Crippen molar-refractivity contribution in [2.45, 2.75) is 26.3 Å². The summed E-state index contributed by atoms with van der Waals surface area (Å²) in [5, 5.41) is 8.69. The van der Waals surface area contributed by atoms with Gasteiger partial charge in [0.25, 0.3) is 5.91 Å². The summed E-state index contributed by atoms with van der Waals surface area (Å²) in [5.74, 6) is -0.0730. The van der Waals surface area contributed by atoms with Crippen LogP contribution in [0.25, 0.3) is 0 Å². The molecule has 0 aliphatic carbocycles. The van der Waals surface area contributed by atoms with Crippen molar-refractivity contribution in [3.63, 3.8) is 0 Å². The highest BCUT2D eigenvalue weighted by Gasteiger charge is 2.35. The van der Waals surface area contributed by atoms with Crippen molar-refractivity contribution >= 4 is 5.91 Å². The summed E-state index contributed by atoms with van der Waals surface area (Å²) in [6, 6.07) is 1.75. The van der Waals surface area contributed by atoms with Crippen molar-refractivity contribution in [1.29, 1.82) is 5.26 Å². The summed E-state index contributed by atoms with van der Waals surface area (Å²) in [6.45, 7) is 7.54. The number of carbonyl (C=O) groups is 1. The van der Waals surface area contributed by atoms with E-state index in [-0.39, 0.29) is 11.1 Å². The number of primary amides is 1. The molecule has 0 atom stereocenters. The maximum absolute atomic E-state index is 10.9. The van der Waals surface area contributed by atoms with Crippen LogP contribution in [0.4, 0.5) is 0 Å². The summed E-state index contributed by atoms with van der Waals surface area (Å²) >= 11 is 0. The van der Waals surface area contributed by atoms with E-state index >= 15 is 0 Å². The van der Waals surface area contributed by atoms with Gasteiger partial charge in [0.2, 0.25) is 0 Å². The number of nitrogens with two attached hydrogens (primary N) is 1. The molecule has 0 bridgehead atoms. The maximum atomic E-state index is 10.9. The molecule has 1 amide bonds. The second-order valence-electron chi connectivity index (χ2n) is 4.41. The second-order valence-corrected chi connectivity index (χ2v) is 4.41. The standard InChI is InChI=1S/C12H17N3O2/c1-4-15-10(17-8-12(15,2)3)6-5-9(7-13)11(14)16/h5-6H,4,8H2,1-3H3,(H2,14,16)/b9-5?,10-6-. The number of nitriles is 1. The van der Waals surface area contributed by atoms with Crippen molar-refractivity contribution < 1.29 is 9.53 Å². The van der Waals surface area contributed by atoms with Gasteiger partial charge in [0.05, 0.1) is 5.54 Å². The number of amides is 1. The number of nitrogens with zero attached hydrogens (tertiary/aromatic N) is 2. The third kappa shape index (κ3) is 2.78. The summed E-state index contributed by atoms with van der Waals surface area (Å²) in [7, 11) is 0. The monoisotopic (exact) mass is 235 g/mol. The van der Waals surface area contributed by atoms with Gasteiger partial charge in [0, 0.05) is 6.54 Å². The van der Waals surface area contributed by atoms with E-state index in [0.29, 0.717) is 12.5 Å². The van der Waals surface area contributed by atoms with E-state index < -0.39 is 5.91 Å². The third-order valence-corrected chi connectivity index (χ3v) is 2.66. The molecule has 1 aliphatic rings. The first kappa shape index (κ1) is 13.1. The Kier molecular flexibility index (Phi) is 3.79. The van der Waals surface area contributed by atoms with Crippen LogP contribution in [-0.4, -0.2) is 29.5 Å². The first-order valence-corrected chi connectivity index (χ1v) is 5.44. The predicted octanol–water partition coefficient (Wildman–Crippen LogP) is 0.894. The van der Waals surface area contributed by atoms with E-state index in [1.54, 1.807) is 12.1 Å². The second kappa shape index (κ2) is 4.91. The predicted molar refractivity (Wildman–Crippen MR) is 63.4 cm³/mol. The fourth-order valence-electron chi connectivity index (χ4n) is 1.76. The lowest BCUT2D eigenvalue weighted by Gasteiger charge is -2.28. The van der Waals surface area contributed by atoms with E-state index in [1.807, 2.05) is 6.92 Å². The zero-order valence-electron chi connectivity index (χ0n) is 10.4. The maximum Gasteiger partial charge on any atom is 0.259 e. The fraction of sp³-hybridized carbons (Fsp3) is 0.500. The molecule has 5 heteroatoms. The van der Waals surface area contributed by atoms with Crippen molar-refractivity contribution in [2.24, 2.45) is 5.73 Å². The molecule has 1 heterocycles. The van der Waals surface area contributed by atoms with Gasteiger partial charge in [-0.15, -0.1) is 0 Å². The molecule has 1 aliphatic heterocycles. The van der Waals surface area contributed by atoms with Crippen LogP contribution in [0.3, 0.4) is 0 Å². The van der Waals surface area contributed by atoms with Crippen LogP contribution in [-0.2, 0) is 9.53 Å². The largest absolute Gasteiger partial charge is 0.477 e. The minimum absolute atomic E-state index is 0.0754. The highest BCUT2D eigenvalue weighted by atomic mass is 16.5. The first-order chi connectivity index (χ1) is 7.92. The van der Waals surface area contributed by atoms with Gasteiger partial charge in [-0.05, 0) is 32.9 Å². The highest BCUT2D eigenvalue weighted by Crippen LogP contribution is 2.28. The van der Waals surface area contributed by atoms with Gasteiger partial charge in [0.1, 0.15) is 18.2 Å². The summed E-state index contributed by atoms with van der Waals surface area (Å²) in [4.78, 5) is 12.9. The van der Waals surface area contributed by atoms with Crippen LogP contribution < -0.4 is 5.73 Å². The molecule has 92 valence electrons. The summed E-state index contributed by atoms with van der Waals surface area (Å²) in [6.07, 6.45) is 3.00. The van der Waals surface area contributed by atoms with Crippen molar-refractivity contribution in [2.75, 3.05) is 13.2 Å². The molecule has 0 saturated carbocycles. The molecule has 17 heavy (non-hydrogen) atoms. The zero-order valence-corrected chi connectivity index (χ0v) is 10.4. The third-order valence-electron chi connectivity index (χ3n) is 2.66. The number of carbonyl (C=O) groups excluding carboxylic acids is 1. The van der Waals surface area contributed by atoms with Crippen LogP contribution in [0.1, 0.15) is 20.8 Å². The van der Waals surface area contributed by atoms with Crippen molar-refractivity contribution in [3.05, 3.63) is 23.6 Å². The molecular weight excluding hydrogens is 218 g/mol. The minimum atomic E-state index is -0.732. The van der Waals surface area contributed by atoms with Gasteiger partial charge in [-0.2, -0.15) is 5.26 Å². The molecule has 0 aromatic rings. The Morgan fingerprint density at radius 3 is 2.82 bits per heavy atom. The Hall–Kier alpha value is -1.96. The normalized spacial score (nSPS) is 21.2. The SMILES string of the molecule is CCN1/C(=C/C=C(C#N)C(N)=O)OCC1(C)C. The van der Waals surface area contributed by atoms with Crippen molar-refractivity contribution in [1.82, 2.24) is 4.90 Å². The van der Waals surface area contributed by atoms with Crippen LogP contribution in [0.15, 0.2) is 23.6 Å². The number of allylic oxidation sites excluding steroid dienone is 2. The van der Waals surface area contributed by atoms with E-state index in [0.717, 1.165) is 6.54 Å². The lowest BCUT2D eigenvalue weighted by Crippen LogP contribution is -2.39. The van der Waals surface area contributed by atoms with Gasteiger partial charge in [-0.25, -0.2) is 0 Å². The van der Waals surface area contributed by atoms with E-state index in [4.69, 9.17) is 15.7 Å². The lowest BCUT2D eigenvalue weighted by molar-refractivity contribution is -0.114. The molecule has 1 fully saturated rings. The highest BCUT2D eigenvalue weighted by molar-refractivity contribution is 5.96. The van der Waals surface area contributed by atoms with Crippen LogP contribution in [0.2, 0.25) is 0 Å². The van der Waals surface area contributed by atoms with E-state index in [1.165, 1.54) is 6.08 Å². The number of hydrogen-bond acceptors (Lipinski definition) is 4. The van der Waals surface area contributed by atoms with Crippen LogP contribution in [0.5, 0.6) is 0 Å². The average Bonchev–Trinajstić information content (AvgIpc) is 2.53. The van der Waals surface area contributed by atoms with Gasteiger partial charge in [-0.3, -0.25) is 4.79 Å². The Bertz CT molecular complexity index is 416. The Balaban J connectivity index is 2.95. The lowest BCUT2D eigenvalue weighted by atomic mass is 10.1. The smallest absolute Gasteiger partial charge is 0.259 e. The zero-order chi connectivity index (χ0) is 13.1.